The predicted molar refractivity (Wildman–Crippen MR) is 120 cm³/mol. The molecule has 0 radical (unpaired) electrons. The summed E-state index contributed by atoms with van der Waals surface area (Å²) in [4.78, 5) is 15.6. The molecule has 0 bridgehead atoms. The van der Waals surface area contributed by atoms with Gasteiger partial charge in [0.25, 0.3) is 5.91 Å². The quantitative estimate of drug-likeness (QED) is 0.664. The van der Waals surface area contributed by atoms with E-state index in [1.807, 2.05) is 53.4 Å². The highest BCUT2D eigenvalue weighted by atomic mass is 35.5. The Morgan fingerprint density at radius 3 is 2.43 bits per heavy atom. The van der Waals surface area contributed by atoms with Gasteiger partial charge in [-0.3, -0.25) is 4.79 Å². The second kappa shape index (κ2) is 8.70. The number of carbonyl (C=O) groups excluding carboxylic acids is 1. The molecule has 3 aromatic rings. The Bertz CT molecular complexity index is 1020. The molecule has 1 N–H and O–H groups in total. The third-order valence-electron chi connectivity index (χ3n) is 6.46. The molecule has 0 unspecified atom stereocenters. The van der Waals surface area contributed by atoms with E-state index in [0.29, 0.717) is 23.2 Å². The summed E-state index contributed by atoms with van der Waals surface area (Å²) in [6.45, 7) is 3.73. The van der Waals surface area contributed by atoms with Gasteiger partial charge in [0.2, 0.25) is 5.76 Å². The van der Waals surface area contributed by atoms with Crippen LogP contribution in [0.1, 0.15) is 23.4 Å². The van der Waals surface area contributed by atoms with E-state index >= 15 is 0 Å². The second-order valence-corrected chi connectivity index (χ2v) is 8.08. The van der Waals surface area contributed by atoms with E-state index in [1.54, 1.807) is 7.11 Å². The molecule has 0 spiro atoms. The normalized spacial score (nSPS) is 21.0. The molecule has 2 saturated heterocycles. The van der Waals surface area contributed by atoms with Crippen LogP contribution in [0.2, 0.25) is 0 Å². The maximum absolute atomic E-state index is 13.6. The van der Waals surface area contributed by atoms with E-state index < -0.39 is 0 Å². The van der Waals surface area contributed by atoms with Crippen LogP contribution < -0.4 is 10.1 Å². The van der Waals surface area contributed by atoms with E-state index in [9.17, 15) is 4.79 Å². The van der Waals surface area contributed by atoms with Crippen LogP contribution in [0.4, 0.5) is 0 Å². The molecule has 2 fully saturated rings. The lowest BCUT2D eigenvalue weighted by molar-refractivity contribution is 0.0730. The Labute approximate surface area is 182 Å². The number of hydrogen-bond donors (Lipinski definition) is 1. The van der Waals surface area contributed by atoms with Gasteiger partial charge in [0.1, 0.15) is 11.3 Å². The molecule has 3 heterocycles. The van der Waals surface area contributed by atoms with Gasteiger partial charge in [-0.2, -0.15) is 0 Å². The number of rotatable bonds is 3. The standard InChI is InChI=1S/C24H26N2O3.ClH/c1-28-19-7-8-20-21(13-19)29-23(22(20)16-5-3-2-4-6-16)24(27)26-11-9-17-14-25-15-18(17)10-12-26;/h2-8,13,17-18,25H,9-12,14-15H2,1H3;1H/t17-,18+;. The van der Waals surface area contributed by atoms with Crippen molar-refractivity contribution in [2.24, 2.45) is 11.8 Å². The number of halogens is 1. The van der Waals surface area contributed by atoms with Gasteiger partial charge in [-0.05, 0) is 55.5 Å². The molecular weight excluding hydrogens is 400 g/mol. The van der Waals surface area contributed by atoms with Crippen molar-refractivity contribution in [2.75, 3.05) is 33.3 Å². The molecule has 6 heteroatoms. The van der Waals surface area contributed by atoms with E-state index in [0.717, 1.165) is 61.3 Å². The Kier molecular flexibility index (Phi) is 6.02. The number of amides is 1. The molecule has 1 amide bonds. The molecule has 5 rings (SSSR count). The maximum Gasteiger partial charge on any atom is 0.290 e. The van der Waals surface area contributed by atoms with E-state index in [2.05, 4.69) is 5.32 Å². The highest BCUT2D eigenvalue weighted by Gasteiger charge is 2.33. The number of benzene rings is 2. The number of nitrogens with one attached hydrogen (secondary N) is 1. The molecule has 0 saturated carbocycles. The number of likely N-dealkylation sites (tertiary alicyclic amines) is 1. The fraction of sp³-hybridized carbons (Fsp3) is 0.375. The van der Waals surface area contributed by atoms with Crippen molar-refractivity contribution in [3.05, 3.63) is 54.3 Å². The van der Waals surface area contributed by atoms with Gasteiger partial charge in [0, 0.05) is 30.1 Å². The molecule has 30 heavy (non-hydrogen) atoms. The number of carbonyl (C=O) groups is 1. The topological polar surface area (TPSA) is 54.7 Å². The van der Waals surface area contributed by atoms with Crippen molar-refractivity contribution < 1.29 is 13.9 Å². The zero-order valence-corrected chi connectivity index (χ0v) is 17.9. The Hall–Kier alpha value is -2.50. The van der Waals surface area contributed by atoms with Crippen molar-refractivity contribution in [3.8, 4) is 16.9 Å². The summed E-state index contributed by atoms with van der Waals surface area (Å²) in [5, 5.41) is 4.43. The van der Waals surface area contributed by atoms with Crippen LogP contribution in [-0.4, -0.2) is 44.1 Å². The minimum Gasteiger partial charge on any atom is -0.497 e. The lowest BCUT2D eigenvalue weighted by atomic mass is 9.92. The summed E-state index contributed by atoms with van der Waals surface area (Å²) < 4.78 is 11.5. The van der Waals surface area contributed by atoms with Gasteiger partial charge in [-0.1, -0.05) is 30.3 Å². The molecule has 158 valence electrons. The first-order chi connectivity index (χ1) is 14.2. The molecule has 2 aromatic carbocycles. The molecule has 5 nitrogen and oxygen atoms in total. The Morgan fingerprint density at radius 1 is 1.07 bits per heavy atom. The SMILES string of the molecule is COc1ccc2c(-c3ccccc3)c(C(=O)N3CC[C@@H]4CNC[C@@H]4CC3)oc2c1.Cl. The number of methoxy groups -OCH3 is 1. The van der Waals surface area contributed by atoms with Crippen LogP contribution in [0.25, 0.3) is 22.1 Å². The third-order valence-corrected chi connectivity index (χ3v) is 6.46. The molecule has 2 atom stereocenters. The number of fused-ring (bicyclic) bond motifs is 2. The molecule has 2 aliphatic heterocycles. The first-order valence-electron chi connectivity index (χ1n) is 10.4. The van der Waals surface area contributed by atoms with E-state index in [4.69, 9.17) is 9.15 Å². The Morgan fingerprint density at radius 2 is 1.77 bits per heavy atom. The molecule has 1 aromatic heterocycles. The van der Waals surface area contributed by atoms with Crippen molar-refractivity contribution in [1.29, 1.82) is 0 Å². The summed E-state index contributed by atoms with van der Waals surface area (Å²) >= 11 is 0. The van der Waals surface area contributed by atoms with Crippen LogP contribution >= 0.6 is 12.4 Å². The van der Waals surface area contributed by atoms with Gasteiger partial charge in [0.15, 0.2) is 0 Å². The fourth-order valence-corrected chi connectivity index (χ4v) is 4.81. The van der Waals surface area contributed by atoms with Gasteiger partial charge < -0.3 is 19.4 Å². The number of ether oxygens (including phenoxy) is 1. The summed E-state index contributed by atoms with van der Waals surface area (Å²) in [6.07, 6.45) is 2.11. The Balaban J connectivity index is 0.00000218. The first-order valence-corrected chi connectivity index (χ1v) is 10.4. The second-order valence-electron chi connectivity index (χ2n) is 8.08. The minimum absolute atomic E-state index is 0. The van der Waals surface area contributed by atoms with E-state index in [-0.39, 0.29) is 18.3 Å². The molecule has 0 aliphatic carbocycles. The summed E-state index contributed by atoms with van der Waals surface area (Å²) in [5.41, 5.74) is 2.55. The summed E-state index contributed by atoms with van der Waals surface area (Å²) in [5.74, 6) is 2.51. The third kappa shape index (κ3) is 3.68. The average molecular weight is 427 g/mol. The van der Waals surface area contributed by atoms with Gasteiger partial charge in [0.05, 0.1) is 7.11 Å². The van der Waals surface area contributed by atoms with Crippen LogP contribution in [0.15, 0.2) is 52.9 Å². The van der Waals surface area contributed by atoms with Crippen LogP contribution in [0, 0.1) is 11.8 Å². The maximum atomic E-state index is 13.6. The lowest BCUT2D eigenvalue weighted by Crippen LogP contribution is -2.32. The van der Waals surface area contributed by atoms with E-state index in [1.165, 1.54) is 0 Å². The van der Waals surface area contributed by atoms with Gasteiger partial charge in [-0.15, -0.1) is 12.4 Å². The van der Waals surface area contributed by atoms with Crippen molar-refractivity contribution in [1.82, 2.24) is 10.2 Å². The highest BCUT2D eigenvalue weighted by molar-refractivity contribution is 6.08. The van der Waals surface area contributed by atoms with Crippen LogP contribution in [0.3, 0.4) is 0 Å². The summed E-state index contributed by atoms with van der Waals surface area (Å²) in [6, 6.07) is 15.8. The zero-order valence-electron chi connectivity index (χ0n) is 17.1. The number of nitrogens with zero attached hydrogens (tertiary/aromatic N) is 1. The minimum atomic E-state index is -0.00745. The van der Waals surface area contributed by atoms with Crippen LogP contribution in [-0.2, 0) is 0 Å². The molecular formula is C24H27ClN2O3. The van der Waals surface area contributed by atoms with Crippen molar-refractivity contribution in [2.45, 2.75) is 12.8 Å². The van der Waals surface area contributed by atoms with Gasteiger partial charge in [-0.25, -0.2) is 0 Å². The fourth-order valence-electron chi connectivity index (χ4n) is 4.81. The number of furan rings is 1. The van der Waals surface area contributed by atoms with Crippen molar-refractivity contribution >= 4 is 29.3 Å². The van der Waals surface area contributed by atoms with Crippen molar-refractivity contribution in [3.63, 3.8) is 0 Å². The number of hydrogen-bond acceptors (Lipinski definition) is 4. The summed E-state index contributed by atoms with van der Waals surface area (Å²) in [7, 11) is 1.64. The largest absolute Gasteiger partial charge is 0.497 e. The monoisotopic (exact) mass is 426 g/mol. The highest BCUT2D eigenvalue weighted by Crippen LogP contribution is 2.38. The first kappa shape index (κ1) is 20.8. The zero-order chi connectivity index (χ0) is 19.8. The lowest BCUT2D eigenvalue weighted by Gasteiger charge is -2.20. The predicted octanol–water partition coefficient (Wildman–Crippen LogP) is 4.60. The van der Waals surface area contributed by atoms with Crippen LogP contribution in [0.5, 0.6) is 5.75 Å². The smallest absolute Gasteiger partial charge is 0.290 e. The average Bonchev–Trinajstić information content (AvgIpc) is 3.32. The molecule has 2 aliphatic rings. The van der Waals surface area contributed by atoms with Gasteiger partial charge >= 0.3 is 0 Å².